The summed E-state index contributed by atoms with van der Waals surface area (Å²) in [5.41, 5.74) is 5.91. The van der Waals surface area contributed by atoms with E-state index < -0.39 is 0 Å². The van der Waals surface area contributed by atoms with Crippen molar-refractivity contribution in [3.63, 3.8) is 0 Å². The number of hydrogen-bond donors (Lipinski definition) is 1. The molecule has 1 heterocycles. The van der Waals surface area contributed by atoms with Gasteiger partial charge < -0.3 is 10.6 Å². The fourth-order valence-electron chi connectivity index (χ4n) is 4.13. The molecule has 0 aromatic rings. The van der Waals surface area contributed by atoms with Gasteiger partial charge in [-0.3, -0.25) is 0 Å². The summed E-state index contributed by atoms with van der Waals surface area (Å²) in [7, 11) is 0. The molecule has 118 valence electrons. The molecule has 20 heavy (non-hydrogen) atoms. The lowest BCUT2D eigenvalue weighted by molar-refractivity contribution is 0.110. The van der Waals surface area contributed by atoms with Gasteiger partial charge in [-0.1, -0.05) is 57.8 Å². The molecule has 2 aliphatic rings. The van der Waals surface area contributed by atoms with Crippen LogP contribution in [0.15, 0.2) is 0 Å². The van der Waals surface area contributed by atoms with Gasteiger partial charge in [0, 0.05) is 12.6 Å². The maximum absolute atomic E-state index is 5.91. The third-order valence-corrected chi connectivity index (χ3v) is 5.47. The van der Waals surface area contributed by atoms with Crippen LogP contribution in [-0.2, 0) is 0 Å². The van der Waals surface area contributed by atoms with Crippen LogP contribution in [0.5, 0.6) is 0 Å². The predicted molar refractivity (Wildman–Crippen MR) is 87.9 cm³/mol. The van der Waals surface area contributed by atoms with Gasteiger partial charge in [0.2, 0.25) is 0 Å². The van der Waals surface area contributed by atoms with Crippen LogP contribution in [0.25, 0.3) is 0 Å². The highest BCUT2D eigenvalue weighted by Crippen LogP contribution is 2.25. The second-order valence-electron chi connectivity index (χ2n) is 7.15. The minimum absolute atomic E-state index is 0.769. The first-order valence-electron chi connectivity index (χ1n) is 9.34. The van der Waals surface area contributed by atoms with Crippen molar-refractivity contribution in [3.05, 3.63) is 0 Å². The summed E-state index contributed by atoms with van der Waals surface area (Å²) in [6, 6.07) is 0.865. The SMILES string of the molecule is NCC1CCCN(C2CCCCCCCCCCC2)C1. The molecule has 2 heteroatoms. The molecule has 1 atom stereocenters. The zero-order valence-electron chi connectivity index (χ0n) is 13.5. The molecule has 2 fully saturated rings. The lowest BCUT2D eigenvalue weighted by Crippen LogP contribution is -2.44. The summed E-state index contributed by atoms with van der Waals surface area (Å²) >= 11 is 0. The molecule has 2 rings (SSSR count). The second kappa shape index (κ2) is 9.78. The molecule has 0 aromatic carbocycles. The summed E-state index contributed by atoms with van der Waals surface area (Å²) in [5, 5.41) is 0. The fraction of sp³-hybridized carbons (Fsp3) is 1.00. The van der Waals surface area contributed by atoms with Crippen LogP contribution in [0.2, 0.25) is 0 Å². The number of piperidine rings is 1. The van der Waals surface area contributed by atoms with Gasteiger partial charge in [-0.25, -0.2) is 0 Å². The molecule has 0 bridgehead atoms. The molecule has 0 spiro atoms. The number of hydrogen-bond acceptors (Lipinski definition) is 2. The van der Waals surface area contributed by atoms with Crippen LogP contribution in [0.3, 0.4) is 0 Å². The second-order valence-corrected chi connectivity index (χ2v) is 7.15. The van der Waals surface area contributed by atoms with Crippen molar-refractivity contribution in [1.82, 2.24) is 4.90 Å². The van der Waals surface area contributed by atoms with Gasteiger partial charge in [-0.05, 0) is 44.7 Å². The molecule has 1 unspecified atom stereocenters. The Labute approximate surface area is 126 Å². The molecular formula is C18H36N2. The normalized spacial score (nSPS) is 29.6. The first kappa shape index (κ1) is 16.3. The Balaban J connectivity index is 1.81. The smallest absolute Gasteiger partial charge is 0.00953 e. The minimum atomic E-state index is 0.769. The molecule has 1 aliphatic heterocycles. The first-order chi connectivity index (χ1) is 9.90. The summed E-state index contributed by atoms with van der Waals surface area (Å²) in [6.07, 6.45) is 18.8. The van der Waals surface area contributed by atoms with Crippen LogP contribution in [0, 0.1) is 5.92 Å². The highest BCUT2D eigenvalue weighted by molar-refractivity contribution is 4.80. The Bertz CT molecular complexity index is 230. The Morgan fingerprint density at radius 2 is 1.25 bits per heavy atom. The lowest BCUT2D eigenvalue weighted by atomic mass is 9.92. The molecule has 0 aromatic heterocycles. The zero-order chi connectivity index (χ0) is 14.0. The highest BCUT2D eigenvalue weighted by Gasteiger charge is 2.24. The van der Waals surface area contributed by atoms with E-state index in [0.717, 1.165) is 18.5 Å². The van der Waals surface area contributed by atoms with Gasteiger partial charge in [-0.15, -0.1) is 0 Å². The van der Waals surface area contributed by atoms with Gasteiger partial charge in [-0.2, -0.15) is 0 Å². The van der Waals surface area contributed by atoms with Gasteiger partial charge in [0.25, 0.3) is 0 Å². The average Bonchev–Trinajstić information content (AvgIpc) is 2.48. The molecule has 0 amide bonds. The van der Waals surface area contributed by atoms with E-state index >= 15 is 0 Å². The van der Waals surface area contributed by atoms with Crippen LogP contribution in [-0.4, -0.2) is 30.6 Å². The van der Waals surface area contributed by atoms with Crippen LogP contribution >= 0.6 is 0 Å². The number of nitrogens with zero attached hydrogens (tertiary/aromatic N) is 1. The summed E-state index contributed by atoms with van der Waals surface area (Å²) in [5.74, 6) is 0.769. The van der Waals surface area contributed by atoms with E-state index in [-0.39, 0.29) is 0 Å². The van der Waals surface area contributed by atoms with Gasteiger partial charge in [0.05, 0.1) is 0 Å². The van der Waals surface area contributed by atoms with Crippen LogP contribution in [0.1, 0.15) is 83.5 Å². The minimum Gasteiger partial charge on any atom is -0.330 e. The Morgan fingerprint density at radius 3 is 1.80 bits per heavy atom. The third kappa shape index (κ3) is 5.73. The molecule has 1 aliphatic carbocycles. The van der Waals surface area contributed by atoms with E-state index in [1.165, 1.54) is 96.6 Å². The highest BCUT2D eigenvalue weighted by atomic mass is 15.2. The average molecular weight is 280 g/mol. The van der Waals surface area contributed by atoms with E-state index in [1.807, 2.05) is 0 Å². The van der Waals surface area contributed by atoms with Gasteiger partial charge in [0.1, 0.15) is 0 Å². The van der Waals surface area contributed by atoms with E-state index in [9.17, 15) is 0 Å². The van der Waals surface area contributed by atoms with E-state index in [2.05, 4.69) is 4.90 Å². The predicted octanol–water partition coefficient (Wildman–Crippen LogP) is 4.33. The molecule has 1 saturated carbocycles. The standard InChI is InChI=1S/C18H36N2/c19-15-17-11-10-14-20(16-17)18-12-8-6-4-2-1-3-5-7-9-13-18/h17-18H,1-16,19H2. The zero-order valence-corrected chi connectivity index (χ0v) is 13.5. The largest absolute Gasteiger partial charge is 0.330 e. The van der Waals surface area contributed by atoms with Crippen molar-refractivity contribution in [1.29, 1.82) is 0 Å². The van der Waals surface area contributed by atoms with Crippen molar-refractivity contribution in [2.45, 2.75) is 89.5 Å². The molecule has 0 radical (unpaired) electrons. The maximum Gasteiger partial charge on any atom is 0.00953 e. The monoisotopic (exact) mass is 280 g/mol. The van der Waals surface area contributed by atoms with Crippen molar-refractivity contribution in [2.24, 2.45) is 11.7 Å². The first-order valence-corrected chi connectivity index (χ1v) is 9.34. The van der Waals surface area contributed by atoms with Gasteiger partial charge >= 0.3 is 0 Å². The van der Waals surface area contributed by atoms with Crippen LogP contribution in [0.4, 0.5) is 0 Å². The van der Waals surface area contributed by atoms with E-state index in [1.54, 1.807) is 0 Å². The van der Waals surface area contributed by atoms with Crippen molar-refractivity contribution in [2.75, 3.05) is 19.6 Å². The topological polar surface area (TPSA) is 29.3 Å². The van der Waals surface area contributed by atoms with E-state index in [0.29, 0.717) is 0 Å². The Hall–Kier alpha value is -0.0800. The molecule has 2 nitrogen and oxygen atoms in total. The molecule has 1 saturated heterocycles. The van der Waals surface area contributed by atoms with Crippen molar-refractivity contribution >= 4 is 0 Å². The van der Waals surface area contributed by atoms with Crippen molar-refractivity contribution < 1.29 is 0 Å². The number of likely N-dealkylation sites (tertiary alicyclic amines) is 1. The van der Waals surface area contributed by atoms with Crippen LogP contribution < -0.4 is 5.73 Å². The van der Waals surface area contributed by atoms with E-state index in [4.69, 9.17) is 5.73 Å². The Kier molecular flexibility index (Phi) is 7.97. The molecular weight excluding hydrogens is 244 g/mol. The number of rotatable bonds is 2. The van der Waals surface area contributed by atoms with Crippen molar-refractivity contribution in [3.8, 4) is 0 Å². The number of nitrogens with two attached hydrogens (primary N) is 1. The fourth-order valence-corrected chi connectivity index (χ4v) is 4.13. The summed E-state index contributed by atoms with van der Waals surface area (Å²) in [4.78, 5) is 2.80. The molecule has 2 N–H and O–H groups in total. The van der Waals surface area contributed by atoms with Gasteiger partial charge in [0.15, 0.2) is 0 Å². The quantitative estimate of drug-likeness (QED) is 0.815. The maximum atomic E-state index is 5.91. The third-order valence-electron chi connectivity index (χ3n) is 5.47. The lowest BCUT2D eigenvalue weighted by Gasteiger charge is -2.38. The Morgan fingerprint density at radius 1 is 0.700 bits per heavy atom. The summed E-state index contributed by atoms with van der Waals surface area (Å²) in [6.45, 7) is 3.51. The summed E-state index contributed by atoms with van der Waals surface area (Å²) < 4.78 is 0.